The summed E-state index contributed by atoms with van der Waals surface area (Å²) in [4.78, 5) is 23.3. The summed E-state index contributed by atoms with van der Waals surface area (Å²) in [7, 11) is 0. The fourth-order valence-corrected chi connectivity index (χ4v) is 2.19. The molecule has 0 aliphatic rings. The monoisotopic (exact) mass is 319 g/mol. The van der Waals surface area contributed by atoms with Gasteiger partial charge in [0.05, 0.1) is 5.56 Å². The molecule has 0 fully saturated rings. The molecule has 0 spiro atoms. The molecular formula is C17H15F2NO3. The first-order valence-corrected chi connectivity index (χ1v) is 6.91. The maximum absolute atomic E-state index is 13.6. The largest absolute Gasteiger partial charge is 0.480 e. The number of halogens is 2. The summed E-state index contributed by atoms with van der Waals surface area (Å²) in [5, 5.41) is 11.5. The van der Waals surface area contributed by atoms with Gasteiger partial charge in [-0.1, -0.05) is 35.9 Å². The zero-order valence-electron chi connectivity index (χ0n) is 12.3. The third kappa shape index (κ3) is 4.12. The summed E-state index contributed by atoms with van der Waals surface area (Å²) < 4.78 is 26.8. The van der Waals surface area contributed by atoms with Gasteiger partial charge in [-0.3, -0.25) is 4.79 Å². The van der Waals surface area contributed by atoms with Gasteiger partial charge in [-0.05, 0) is 24.6 Å². The Bertz CT molecular complexity index is 746. The van der Waals surface area contributed by atoms with Crippen molar-refractivity contribution in [1.29, 1.82) is 0 Å². The molecule has 0 radical (unpaired) electrons. The van der Waals surface area contributed by atoms with Crippen molar-refractivity contribution in [1.82, 2.24) is 5.32 Å². The van der Waals surface area contributed by atoms with E-state index >= 15 is 0 Å². The Balaban J connectivity index is 2.18. The highest BCUT2D eigenvalue weighted by Gasteiger charge is 2.23. The zero-order chi connectivity index (χ0) is 17.0. The third-order valence-corrected chi connectivity index (χ3v) is 3.32. The number of aliphatic carboxylic acids is 1. The van der Waals surface area contributed by atoms with Gasteiger partial charge in [0, 0.05) is 6.42 Å². The second kappa shape index (κ2) is 7.00. The van der Waals surface area contributed by atoms with Gasteiger partial charge in [0.25, 0.3) is 5.91 Å². The molecular weight excluding hydrogens is 304 g/mol. The van der Waals surface area contributed by atoms with E-state index < -0.39 is 35.1 Å². The number of hydrogen-bond donors (Lipinski definition) is 2. The Morgan fingerprint density at radius 1 is 1.17 bits per heavy atom. The quantitative estimate of drug-likeness (QED) is 0.890. The lowest BCUT2D eigenvalue weighted by Crippen LogP contribution is -2.42. The lowest BCUT2D eigenvalue weighted by molar-refractivity contribution is -0.139. The van der Waals surface area contributed by atoms with E-state index in [0.29, 0.717) is 0 Å². The normalized spacial score (nSPS) is 11.8. The number of carbonyl (C=O) groups is 2. The number of nitrogens with one attached hydrogen (secondary N) is 1. The van der Waals surface area contributed by atoms with Crippen molar-refractivity contribution >= 4 is 11.9 Å². The molecule has 0 aliphatic heterocycles. The summed E-state index contributed by atoms with van der Waals surface area (Å²) in [5.74, 6) is -4.69. The van der Waals surface area contributed by atoms with Gasteiger partial charge < -0.3 is 10.4 Å². The van der Waals surface area contributed by atoms with Gasteiger partial charge in [0.2, 0.25) is 0 Å². The van der Waals surface area contributed by atoms with E-state index in [1.165, 1.54) is 6.07 Å². The lowest BCUT2D eigenvalue weighted by atomic mass is 10.0. The number of aryl methyl sites for hydroxylation is 1. The Morgan fingerprint density at radius 3 is 2.52 bits per heavy atom. The van der Waals surface area contributed by atoms with E-state index in [4.69, 9.17) is 0 Å². The number of carbonyl (C=O) groups excluding carboxylic acids is 1. The minimum Gasteiger partial charge on any atom is -0.480 e. The highest BCUT2D eigenvalue weighted by atomic mass is 19.2. The van der Waals surface area contributed by atoms with E-state index in [1.807, 2.05) is 13.0 Å². The van der Waals surface area contributed by atoms with Crippen LogP contribution in [-0.2, 0) is 11.2 Å². The molecule has 4 nitrogen and oxygen atoms in total. The van der Waals surface area contributed by atoms with Crippen molar-refractivity contribution in [2.24, 2.45) is 0 Å². The molecule has 0 unspecified atom stereocenters. The van der Waals surface area contributed by atoms with Gasteiger partial charge in [-0.25, -0.2) is 13.6 Å². The molecule has 0 heterocycles. The van der Waals surface area contributed by atoms with Crippen LogP contribution < -0.4 is 5.32 Å². The van der Waals surface area contributed by atoms with Crippen LogP contribution in [0.3, 0.4) is 0 Å². The Morgan fingerprint density at radius 2 is 1.87 bits per heavy atom. The Labute approximate surface area is 131 Å². The van der Waals surface area contributed by atoms with Crippen LogP contribution in [0.2, 0.25) is 0 Å². The van der Waals surface area contributed by atoms with Crippen molar-refractivity contribution in [2.45, 2.75) is 19.4 Å². The minimum absolute atomic E-state index is 0.0414. The first kappa shape index (κ1) is 16.6. The third-order valence-electron chi connectivity index (χ3n) is 3.32. The van der Waals surface area contributed by atoms with Crippen LogP contribution in [0.25, 0.3) is 0 Å². The van der Waals surface area contributed by atoms with Gasteiger partial charge in [0.15, 0.2) is 11.6 Å². The number of rotatable bonds is 5. The van der Waals surface area contributed by atoms with Crippen LogP contribution >= 0.6 is 0 Å². The van der Waals surface area contributed by atoms with Crippen LogP contribution in [0.5, 0.6) is 0 Å². The zero-order valence-corrected chi connectivity index (χ0v) is 12.3. The Hall–Kier alpha value is -2.76. The highest BCUT2D eigenvalue weighted by Crippen LogP contribution is 2.12. The summed E-state index contributed by atoms with van der Waals surface area (Å²) in [6.07, 6.45) is 0.0414. The van der Waals surface area contributed by atoms with E-state index in [1.54, 1.807) is 18.2 Å². The van der Waals surface area contributed by atoms with Crippen LogP contribution in [0.4, 0.5) is 8.78 Å². The molecule has 0 aliphatic carbocycles. The molecule has 0 bridgehead atoms. The van der Waals surface area contributed by atoms with Gasteiger partial charge in [-0.15, -0.1) is 0 Å². The fraction of sp³-hybridized carbons (Fsp3) is 0.176. The van der Waals surface area contributed by atoms with Crippen molar-refractivity contribution in [2.75, 3.05) is 0 Å². The predicted molar refractivity (Wildman–Crippen MR) is 80.1 cm³/mol. The number of carboxylic acid groups (broad SMARTS) is 1. The topological polar surface area (TPSA) is 66.4 Å². The van der Waals surface area contributed by atoms with E-state index in [9.17, 15) is 23.5 Å². The van der Waals surface area contributed by atoms with Crippen LogP contribution in [0.15, 0.2) is 42.5 Å². The summed E-state index contributed by atoms with van der Waals surface area (Å²) in [6, 6.07) is 9.09. The molecule has 2 aromatic rings. The summed E-state index contributed by atoms with van der Waals surface area (Å²) in [6.45, 7) is 1.86. The van der Waals surface area contributed by atoms with E-state index in [-0.39, 0.29) is 6.42 Å². The fourth-order valence-electron chi connectivity index (χ4n) is 2.19. The van der Waals surface area contributed by atoms with Gasteiger partial charge in [-0.2, -0.15) is 0 Å². The number of benzene rings is 2. The van der Waals surface area contributed by atoms with Crippen LogP contribution in [0.1, 0.15) is 21.5 Å². The van der Waals surface area contributed by atoms with Crippen molar-refractivity contribution in [3.63, 3.8) is 0 Å². The average molecular weight is 319 g/mol. The lowest BCUT2D eigenvalue weighted by Gasteiger charge is -2.15. The van der Waals surface area contributed by atoms with Gasteiger partial charge >= 0.3 is 5.97 Å². The molecule has 2 N–H and O–H groups in total. The second-order valence-corrected chi connectivity index (χ2v) is 5.16. The maximum atomic E-state index is 13.6. The smallest absolute Gasteiger partial charge is 0.326 e. The minimum atomic E-state index is -1.30. The van der Waals surface area contributed by atoms with E-state index in [2.05, 4.69) is 5.32 Å². The molecule has 120 valence electrons. The van der Waals surface area contributed by atoms with Crippen molar-refractivity contribution in [3.8, 4) is 0 Å². The first-order chi connectivity index (χ1) is 10.9. The number of hydrogen-bond acceptors (Lipinski definition) is 2. The molecule has 23 heavy (non-hydrogen) atoms. The van der Waals surface area contributed by atoms with Crippen molar-refractivity contribution < 1.29 is 23.5 Å². The first-order valence-electron chi connectivity index (χ1n) is 6.91. The molecule has 0 saturated heterocycles. The predicted octanol–water partition coefficient (Wildman–Crippen LogP) is 2.70. The van der Waals surface area contributed by atoms with Gasteiger partial charge in [0.1, 0.15) is 6.04 Å². The standard InChI is InChI=1S/C17H15F2NO3/c1-10-4-2-5-11(8-10)9-14(17(22)23)20-16(21)12-6-3-7-13(18)15(12)19/h2-8,14H,9H2,1H3,(H,20,21)(H,22,23)/t14-/m1/s1. The second-order valence-electron chi connectivity index (χ2n) is 5.16. The molecule has 6 heteroatoms. The number of carboxylic acids is 1. The maximum Gasteiger partial charge on any atom is 0.326 e. The SMILES string of the molecule is Cc1cccc(C[C@@H](NC(=O)c2cccc(F)c2F)C(=O)O)c1. The van der Waals surface area contributed by atoms with E-state index in [0.717, 1.165) is 23.3 Å². The molecule has 2 rings (SSSR count). The Kier molecular flexibility index (Phi) is 5.05. The molecule has 0 aromatic heterocycles. The summed E-state index contributed by atoms with van der Waals surface area (Å²) in [5.41, 5.74) is 1.15. The molecule has 1 atom stereocenters. The van der Waals surface area contributed by atoms with Crippen LogP contribution in [0, 0.1) is 18.6 Å². The van der Waals surface area contributed by atoms with Crippen molar-refractivity contribution in [3.05, 3.63) is 70.8 Å². The van der Waals surface area contributed by atoms with Crippen LogP contribution in [-0.4, -0.2) is 23.0 Å². The summed E-state index contributed by atoms with van der Waals surface area (Å²) >= 11 is 0. The number of amides is 1. The highest BCUT2D eigenvalue weighted by molar-refractivity contribution is 5.96. The molecule has 0 saturated carbocycles. The average Bonchev–Trinajstić information content (AvgIpc) is 2.49. The molecule has 2 aromatic carbocycles. The molecule has 1 amide bonds.